The van der Waals surface area contributed by atoms with Gasteiger partial charge in [0, 0.05) is 29.5 Å². The van der Waals surface area contributed by atoms with Crippen molar-refractivity contribution in [3.05, 3.63) is 71.2 Å². The molecule has 1 aliphatic heterocycles. The molecule has 0 spiro atoms. The fourth-order valence-corrected chi connectivity index (χ4v) is 4.14. The van der Waals surface area contributed by atoms with Crippen LogP contribution >= 0.6 is 11.8 Å². The second kappa shape index (κ2) is 8.71. The van der Waals surface area contributed by atoms with Crippen molar-refractivity contribution in [2.45, 2.75) is 38.4 Å². The molecule has 2 N–H and O–H groups in total. The van der Waals surface area contributed by atoms with Crippen molar-refractivity contribution < 1.29 is 4.79 Å². The summed E-state index contributed by atoms with van der Waals surface area (Å²) in [5.74, 6) is 1.41. The van der Waals surface area contributed by atoms with E-state index < -0.39 is 6.04 Å². The van der Waals surface area contributed by atoms with Gasteiger partial charge in [-0.05, 0) is 55.7 Å². The Kier molecular flexibility index (Phi) is 5.85. The molecule has 0 saturated heterocycles. The Morgan fingerprint density at radius 2 is 2.03 bits per heavy atom. The van der Waals surface area contributed by atoms with Crippen molar-refractivity contribution in [3.63, 3.8) is 0 Å². The number of nitrogens with one attached hydrogen (secondary N) is 2. The molecule has 0 radical (unpaired) electrons. The Labute approximate surface area is 180 Å². The van der Waals surface area contributed by atoms with Gasteiger partial charge in [0.05, 0.1) is 5.57 Å². The Bertz CT molecular complexity index is 1090. The maximum Gasteiger partial charge on any atom is 0.255 e. The van der Waals surface area contributed by atoms with Gasteiger partial charge in [-0.15, -0.1) is 5.10 Å². The number of thioether (sulfide) groups is 1. The van der Waals surface area contributed by atoms with E-state index in [0.717, 1.165) is 34.7 Å². The number of nitrogens with zero attached hydrogens (tertiary/aromatic N) is 4. The first-order valence-corrected chi connectivity index (χ1v) is 10.9. The number of rotatable bonds is 6. The molecule has 0 bridgehead atoms. The number of fused-ring (bicyclic) bond motifs is 1. The van der Waals surface area contributed by atoms with Crippen molar-refractivity contribution >= 4 is 29.3 Å². The molecular weight excluding hydrogens is 396 g/mol. The monoisotopic (exact) mass is 420 g/mol. The average Bonchev–Trinajstić information content (AvgIpc) is 3.14. The van der Waals surface area contributed by atoms with Crippen LogP contribution in [-0.4, -0.2) is 31.4 Å². The summed E-state index contributed by atoms with van der Waals surface area (Å²) in [4.78, 5) is 22.1. The number of carbonyl (C=O) groups is 1. The molecule has 3 aromatic rings. The van der Waals surface area contributed by atoms with E-state index in [2.05, 4.69) is 27.5 Å². The predicted octanol–water partition coefficient (Wildman–Crippen LogP) is 4.41. The third-order valence-corrected chi connectivity index (χ3v) is 5.85. The second-order valence-corrected chi connectivity index (χ2v) is 8.24. The van der Waals surface area contributed by atoms with E-state index in [1.54, 1.807) is 28.8 Å². The summed E-state index contributed by atoms with van der Waals surface area (Å²) in [6, 6.07) is 11.2. The predicted molar refractivity (Wildman–Crippen MR) is 120 cm³/mol. The fraction of sp³-hybridized carbons (Fsp3) is 0.273. The number of pyridine rings is 1. The number of hydrogen-bond donors (Lipinski definition) is 2. The summed E-state index contributed by atoms with van der Waals surface area (Å²) >= 11 is 1.61. The SMILES string of the molecule is CCCSc1nc2n(n1)C(c1ccncc1)C(C(=O)Nc1cccc(C)c1)=C(C)N2. The van der Waals surface area contributed by atoms with E-state index in [4.69, 9.17) is 5.10 Å². The van der Waals surface area contributed by atoms with Gasteiger partial charge in [0.2, 0.25) is 11.1 Å². The zero-order valence-electron chi connectivity index (χ0n) is 17.2. The summed E-state index contributed by atoms with van der Waals surface area (Å²) in [5, 5.41) is 11.7. The number of amides is 1. The summed E-state index contributed by atoms with van der Waals surface area (Å²) in [6.45, 7) is 6.02. The van der Waals surface area contributed by atoms with Gasteiger partial charge in [-0.3, -0.25) is 9.78 Å². The number of anilines is 2. The number of aromatic nitrogens is 4. The molecule has 1 aromatic carbocycles. The normalized spacial score (nSPS) is 15.5. The van der Waals surface area contributed by atoms with Gasteiger partial charge < -0.3 is 10.6 Å². The third-order valence-electron chi connectivity index (χ3n) is 4.81. The quantitative estimate of drug-likeness (QED) is 0.575. The molecule has 2 aromatic heterocycles. The first-order chi connectivity index (χ1) is 14.6. The minimum atomic E-state index is -0.391. The van der Waals surface area contributed by atoms with Gasteiger partial charge in [-0.2, -0.15) is 4.98 Å². The molecule has 154 valence electrons. The molecule has 8 heteroatoms. The van der Waals surface area contributed by atoms with Crippen LogP contribution in [0.1, 0.15) is 37.4 Å². The number of allylic oxidation sites excluding steroid dienone is 1. The highest BCUT2D eigenvalue weighted by Gasteiger charge is 2.34. The second-order valence-electron chi connectivity index (χ2n) is 7.18. The Morgan fingerprint density at radius 1 is 1.23 bits per heavy atom. The topological polar surface area (TPSA) is 84.7 Å². The van der Waals surface area contributed by atoms with Crippen LogP contribution in [0.2, 0.25) is 0 Å². The van der Waals surface area contributed by atoms with Gasteiger partial charge in [0.1, 0.15) is 6.04 Å². The standard InChI is InChI=1S/C22H24N6OS/c1-4-12-30-22-26-21-24-15(3)18(20(29)25-17-7-5-6-14(2)13-17)19(28(21)27-22)16-8-10-23-11-9-16/h5-11,13,19H,4,12H2,1-3H3,(H,25,29)(H,24,26,27). The van der Waals surface area contributed by atoms with E-state index in [0.29, 0.717) is 16.7 Å². The number of carbonyl (C=O) groups excluding carboxylic acids is 1. The van der Waals surface area contributed by atoms with Crippen LogP contribution in [0.25, 0.3) is 0 Å². The zero-order valence-corrected chi connectivity index (χ0v) is 18.0. The lowest BCUT2D eigenvalue weighted by Gasteiger charge is -2.28. The van der Waals surface area contributed by atoms with Crippen LogP contribution in [0.15, 0.2) is 65.2 Å². The average molecular weight is 421 g/mol. The molecule has 1 amide bonds. The Hall–Kier alpha value is -3.13. The number of aryl methyl sites for hydroxylation is 1. The lowest BCUT2D eigenvalue weighted by Crippen LogP contribution is -2.31. The lowest BCUT2D eigenvalue weighted by molar-refractivity contribution is -0.113. The largest absolute Gasteiger partial charge is 0.328 e. The summed E-state index contributed by atoms with van der Waals surface area (Å²) < 4.78 is 1.80. The first-order valence-electron chi connectivity index (χ1n) is 9.92. The van der Waals surface area contributed by atoms with Crippen molar-refractivity contribution in [3.8, 4) is 0 Å². The molecule has 0 aliphatic carbocycles. The molecule has 0 fully saturated rings. The van der Waals surface area contributed by atoms with Crippen LogP contribution in [0.4, 0.5) is 11.6 Å². The molecule has 0 saturated carbocycles. The third kappa shape index (κ3) is 4.09. The first kappa shape index (κ1) is 20.2. The van der Waals surface area contributed by atoms with Crippen LogP contribution in [0.3, 0.4) is 0 Å². The van der Waals surface area contributed by atoms with Gasteiger partial charge in [0.15, 0.2) is 0 Å². The van der Waals surface area contributed by atoms with Gasteiger partial charge in [0.25, 0.3) is 5.91 Å². The van der Waals surface area contributed by atoms with Crippen LogP contribution in [0.5, 0.6) is 0 Å². The minimum absolute atomic E-state index is 0.170. The molecule has 30 heavy (non-hydrogen) atoms. The lowest BCUT2D eigenvalue weighted by atomic mass is 9.96. The summed E-state index contributed by atoms with van der Waals surface area (Å²) in [7, 11) is 0. The number of hydrogen-bond acceptors (Lipinski definition) is 6. The minimum Gasteiger partial charge on any atom is -0.328 e. The molecule has 1 atom stereocenters. The van der Waals surface area contributed by atoms with E-state index in [1.807, 2.05) is 50.2 Å². The molecular formula is C22H24N6OS. The number of benzene rings is 1. The molecule has 1 aliphatic rings. The molecule has 4 rings (SSSR count). The molecule has 1 unspecified atom stereocenters. The van der Waals surface area contributed by atoms with Gasteiger partial charge in [-0.25, -0.2) is 4.68 Å². The summed E-state index contributed by atoms with van der Waals surface area (Å²) in [6.07, 6.45) is 4.50. The highest BCUT2D eigenvalue weighted by molar-refractivity contribution is 7.99. The van der Waals surface area contributed by atoms with Crippen molar-refractivity contribution in [1.82, 2.24) is 19.7 Å². The Balaban J connectivity index is 1.74. The highest BCUT2D eigenvalue weighted by Crippen LogP contribution is 2.36. The van der Waals surface area contributed by atoms with E-state index >= 15 is 0 Å². The van der Waals surface area contributed by atoms with Crippen LogP contribution in [0, 0.1) is 6.92 Å². The fourth-order valence-electron chi connectivity index (χ4n) is 3.46. The molecule has 7 nitrogen and oxygen atoms in total. The van der Waals surface area contributed by atoms with E-state index in [1.165, 1.54) is 0 Å². The van der Waals surface area contributed by atoms with E-state index in [-0.39, 0.29) is 5.91 Å². The maximum atomic E-state index is 13.4. The zero-order chi connectivity index (χ0) is 21.1. The van der Waals surface area contributed by atoms with Crippen LogP contribution in [-0.2, 0) is 4.79 Å². The van der Waals surface area contributed by atoms with E-state index in [9.17, 15) is 4.79 Å². The van der Waals surface area contributed by atoms with Crippen molar-refractivity contribution in [1.29, 1.82) is 0 Å². The molecule has 3 heterocycles. The highest BCUT2D eigenvalue weighted by atomic mass is 32.2. The smallest absolute Gasteiger partial charge is 0.255 e. The van der Waals surface area contributed by atoms with Gasteiger partial charge in [-0.1, -0.05) is 30.8 Å². The summed E-state index contributed by atoms with van der Waals surface area (Å²) in [5.41, 5.74) is 4.14. The Morgan fingerprint density at radius 3 is 2.77 bits per heavy atom. The van der Waals surface area contributed by atoms with Crippen LogP contribution < -0.4 is 10.6 Å². The van der Waals surface area contributed by atoms with Crippen molar-refractivity contribution in [2.75, 3.05) is 16.4 Å². The van der Waals surface area contributed by atoms with Crippen molar-refractivity contribution in [2.24, 2.45) is 0 Å². The van der Waals surface area contributed by atoms with Gasteiger partial charge >= 0.3 is 0 Å². The maximum absolute atomic E-state index is 13.4.